The number of halogens is 1. The average Bonchev–Trinajstić information content (AvgIpc) is 2.93. The molecule has 2 aromatic heterocycles. The monoisotopic (exact) mass is 300 g/mol. The molecule has 0 spiro atoms. The van der Waals surface area contributed by atoms with Crippen LogP contribution in [0.3, 0.4) is 0 Å². The van der Waals surface area contributed by atoms with Crippen LogP contribution in [0.5, 0.6) is 0 Å². The van der Waals surface area contributed by atoms with E-state index in [-0.39, 0.29) is 0 Å². The topological polar surface area (TPSA) is 24.9 Å². The molecule has 0 aliphatic rings. The minimum Gasteiger partial charge on any atom is -0.316 e. The maximum Gasteiger partial charge on any atom is 0.133 e. The fourth-order valence-electron chi connectivity index (χ4n) is 1.57. The molecule has 2 heterocycles. The molecule has 2 rings (SSSR count). The van der Waals surface area contributed by atoms with E-state index in [0.29, 0.717) is 5.92 Å². The molecule has 0 aliphatic heterocycles. The third kappa shape index (κ3) is 4.05. The van der Waals surface area contributed by atoms with Crippen LogP contribution in [0.2, 0.25) is 4.34 Å². The van der Waals surface area contributed by atoms with Crippen molar-refractivity contribution in [1.29, 1.82) is 0 Å². The predicted molar refractivity (Wildman–Crippen MR) is 81.8 cm³/mol. The second kappa shape index (κ2) is 6.66. The van der Waals surface area contributed by atoms with Gasteiger partial charge in [-0.05, 0) is 24.6 Å². The first-order chi connectivity index (χ1) is 8.65. The predicted octanol–water partition coefficient (Wildman–Crippen LogP) is 4.31. The number of rotatable bonds is 6. The van der Waals surface area contributed by atoms with E-state index in [0.717, 1.165) is 39.4 Å². The number of thiophene rings is 1. The van der Waals surface area contributed by atoms with Gasteiger partial charge in [0.2, 0.25) is 0 Å². The minimum absolute atomic E-state index is 0.698. The summed E-state index contributed by atoms with van der Waals surface area (Å²) in [5.74, 6) is 0.698. The highest BCUT2D eigenvalue weighted by Crippen LogP contribution is 2.32. The number of hydrogen-bond acceptors (Lipinski definition) is 4. The van der Waals surface area contributed by atoms with Crippen molar-refractivity contribution in [1.82, 2.24) is 10.3 Å². The summed E-state index contributed by atoms with van der Waals surface area (Å²) in [6.07, 6.45) is 0.988. The zero-order valence-corrected chi connectivity index (χ0v) is 13.0. The van der Waals surface area contributed by atoms with Gasteiger partial charge in [-0.15, -0.1) is 22.7 Å². The summed E-state index contributed by atoms with van der Waals surface area (Å²) in [4.78, 5) is 5.80. The molecule has 0 radical (unpaired) electrons. The molecule has 0 saturated heterocycles. The van der Waals surface area contributed by atoms with Crippen LogP contribution in [0.1, 0.15) is 19.5 Å². The fraction of sp³-hybridized carbons (Fsp3) is 0.462. The molecule has 0 amide bonds. The molecular weight excluding hydrogens is 284 g/mol. The standard InChI is InChI=1S/C13H17ClN2S2/c1-9(2)7-15-6-5-10-8-17-13(16-10)11-3-4-12(14)18-11/h3-4,8-9,15H,5-7H2,1-2H3. The van der Waals surface area contributed by atoms with Crippen LogP contribution in [-0.2, 0) is 6.42 Å². The van der Waals surface area contributed by atoms with Gasteiger partial charge in [-0.1, -0.05) is 25.4 Å². The maximum atomic E-state index is 5.93. The van der Waals surface area contributed by atoms with Crippen LogP contribution in [0.25, 0.3) is 9.88 Å². The summed E-state index contributed by atoms with van der Waals surface area (Å²) in [6.45, 7) is 6.49. The lowest BCUT2D eigenvalue weighted by Gasteiger charge is -2.05. The third-order valence-corrected chi connectivity index (χ3v) is 4.74. The Morgan fingerprint density at radius 2 is 2.22 bits per heavy atom. The zero-order chi connectivity index (χ0) is 13.0. The van der Waals surface area contributed by atoms with E-state index in [1.807, 2.05) is 12.1 Å². The van der Waals surface area contributed by atoms with Gasteiger partial charge in [0.05, 0.1) is 14.9 Å². The van der Waals surface area contributed by atoms with Gasteiger partial charge < -0.3 is 5.32 Å². The van der Waals surface area contributed by atoms with Crippen LogP contribution >= 0.6 is 34.3 Å². The molecular formula is C13H17ClN2S2. The molecule has 2 aromatic rings. The number of hydrogen-bond donors (Lipinski definition) is 1. The molecule has 0 aliphatic carbocycles. The van der Waals surface area contributed by atoms with E-state index in [1.165, 1.54) is 0 Å². The van der Waals surface area contributed by atoms with Gasteiger partial charge in [-0.3, -0.25) is 0 Å². The second-order valence-corrected chi connectivity index (χ2v) is 7.17. The quantitative estimate of drug-likeness (QED) is 0.804. The molecule has 1 N–H and O–H groups in total. The molecule has 0 fully saturated rings. The first-order valence-electron chi connectivity index (χ1n) is 6.06. The molecule has 98 valence electrons. The first-order valence-corrected chi connectivity index (χ1v) is 8.13. The summed E-state index contributed by atoms with van der Waals surface area (Å²) in [5, 5.41) is 6.65. The Kier molecular flexibility index (Phi) is 5.18. The SMILES string of the molecule is CC(C)CNCCc1csc(-c2ccc(Cl)s2)n1. The van der Waals surface area contributed by atoms with Crippen LogP contribution in [-0.4, -0.2) is 18.1 Å². The molecule has 0 atom stereocenters. The Bertz CT molecular complexity index is 491. The number of nitrogens with one attached hydrogen (secondary N) is 1. The zero-order valence-electron chi connectivity index (χ0n) is 10.6. The third-order valence-electron chi connectivity index (χ3n) is 2.45. The molecule has 0 aromatic carbocycles. The van der Waals surface area contributed by atoms with Crippen LogP contribution in [0, 0.1) is 5.92 Å². The molecule has 18 heavy (non-hydrogen) atoms. The lowest BCUT2D eigenvalue weighted by atomic mass is 10.2. The van der Waals surface area contributed by atoms with Gasteiger partial charge in [-0.2, -0.15) is 0 Å². The van der Waals surface area contributed by atoms with E-state index >= 15 is 0 Å². The number of nitrogens with zero attached hydrogens (tertiary/aromatic N) is 1. The molecule has 0 unspecified atom stereocenters. The Morgan fingerprint density at radius 1 is 1.39 bits per heavy atom. The van der Waals surface area contributed by atoms with Crippen molar-refractivity contribution in [3.8, 4) is 9.88 Å². The Balaban J connectivity index is 1.86. The van der Waals surface area contributed by atoms with Gasteiger partial charge in [0.25, 0.3) is 0 Å². The van der Waals surface area contributed by atoms with Crippen molar-refractivity contribution < 1.29 is 0 Å². The number of thiazole rings is 1. The van der Waals surface area contributed by atoms with E-state index in [9.17, 15) is 0 Å². The molecule has 5 heteroatoms. The smallest absolute Gasteiger partial charge is 0.133 e. The van der Waals surface area contributed by atoms with Crippen molar-refractivity contribution in [2.24, 2.45) is 5.92 Å². The van der Waals surface area contributed by atoms with Crippen LogP contribution in [0.15, 0.2) is 17.5 Å². The van der Waals surface area contributed by atoms with Gasteiger partial charge >= 0.3 is 0 Å². The highest BCUT2D eigenvalue weighted by atomic mass is 35.5. The summed E-state index contributed by atoms with van der Waals surface area (Å²) >= 11 is 9.21. The maximum absolute atomic E-state index is 5.93. The van der Waals surface area contributed by atoms with Crippen molar-refractivity contribution in [3.63, 3.8) is 0 Å². The lowest BCUT2D eigenvalue weighted by Crippen LogP contribution is -2.22. The Hall–Kier alpha value is -0.420. The van der Waals surface area contributed by atoms with Crippen LogP contribution in [0.4, 0.5) is 0 Å². The highest BCUT2D eigenvalue weighted by Gasteiger charge is 2.07. The Morgan fingerprint density at radius 3 is 2.89 bits per heavy atom. The largest absolute Gasteiger partial charge is 0.316 e. The van der Waals surface area contributed by atoms with E-state index < -0.39 is 0 Å². The van der Waals surface area contributed by atoms with Crippen molar-refractivity contribution in [2.75, 3.05) is 13.1 Å². The molecule has 0 saturated carbocycles. The normalized spacial score (nSPS) is 11.3. The average molecular weight is 301 g/mol. The highest BCUT2D eigenvalue weighted by molar-refractivity contribution is 7.23. The van der Waals surface area contributed by atoms with Crippen LogP contribution < -0.4 is 5.32 Å². The van der Waals surface area contributed by atoms with Crippen molar-refractivity contribution >= 4 is 34.3 Å². The minimum atomic E-state index is 0.698. The summed E-state index contributed by atoms with van der Waals surface area (Å²) in [6, 6.07) is 3.96. The Labute approximate surface area is 121 Å². The van der Waals surface area contributed by atoms with Crippen molar-refractivity contribution in [3.05, 3.63) is 27.5 Å². The summed E-state index contributed by atoms with van der Waals surface area (Å²) in [7, 11) is 0. The second-order valence-electron chi connectivity index (χ2n) is 4.60. The first kappa shape index (κ1) is 14.0. The fourth-order valence-corrected chi connectivity index (χ4v) is 3.54. The number of aromatic nitrogens is 1. The van der Waals surface area contributed by atoms with Crippen molar-refractivity contribution in [2.45, 2.75) is 20.3 Å². The molecule has 2 nitrogen and oxygen atoms in total. The summed E-state index contributed by atoms with van der Waals surface area (Å²) < 4.78 is 0.820. The van der Waals surface area contributed by atoms with E-state index in [4.69, 9.17) is 11.6 Å². The van der Waals surface area contributed by atoms with Gasteiger partial charge in [-0.25, -0.2) is 4.98 Å². The lowest BCUT2D eigenvalue weighted by molar-refractivity contribution is 0.553. The molecule has 0 bridgehead atoms. The summed E-state index contributed by atoms with van der Waals surface area (Å²) in [5.41, 5.74) is 1.16. The van der Waals surface area contributed by atoms with Gasteiger partial charge in [0.15, 0.2) is 0 Å². The van der Waals surface area contributed by atoms with Gasteiger partial charge in [0, 0.05) is 18.3 Å². The van der Waals surface area contributed by atoms with Gasteiger partial charge in [0.1, 0.15) is 5.01 Å². The van der Waals surface area contributed by atoms with E-state index in [1.54, 1.807) is 22.7 Å². The van der Waals surface area contributed by atoms with E-state index in [2.05, 4.69) is 29.5 Å².